The molecule has 1 aliphatic rings. The first-order valence-corrected chi connectivity index (χ1v) is 15.6. The predicted octanol–water partition coefficient (Wildman–Crippen LogP) is 4.39. The zero-order chi connectivity index (χ0) is 30.7. The highest BCUT2D eigenvalue weighted by molar-refractivity contribution is 5.85. The minimum atomic E-state index is -1.18. The van der Waals surface area contributed by atoms with Crippen molar-refractivity contribution < 1.29 is 33.4 Å². The number of unbranched alkanes of at least 4 members (excludes halogenated alkanes) is 10. The van der Waals surface area contributed by atoms with Gasteiger partial charge >= 0.3 is 11.9 Å². The van der Waals surface area contributed by atoms with Gasteiger partial charge in [-0.25, -0.2) is 0 Å². The summed E-state index contributed by atoms with van der Waals surface area (Å²) >= 11 is 0. The molecular weight excluding hydrogens is 526 g/mol. The fraction of sp³-hybridized carbons (Fsp3) is 0.839. The number of hydrogen-bond acceptors (Lipinski definition) is 7. The van der Waals surface area contributed by atoms with Gasteiger partial charge in [0.05, 0.1) is 0 Å². The van der Waals surface area contributed by atoms with Crippen molar-refractivity contribution in [3.8, 4) is 0 Å². The van der Waals surface area contributed by atoms with Crippen molar-refractivity contribution in [1.82, 2.24) is 15.1 Å². The van der Waals surface area contributed by atoms with E-state index in [0.717, 1.165) is 12.8 Å². The van der Waals surface area contributed by atoms with Crippen LogP contribution in [0.4, 0.5) is 0 Å². The topological polar surface area (TPSA) is 122 Å². The number of hydrogen-bond donors (Lipinski definition) is 1. The van der Waals surface area contributed by atoms with E-state index in [9.17, 15) is 24.0 Å². The molecule has 0 aliphatic carbocycles. The first-order valence-electron chi connectivity index (χ1n) is 15.6. The molecule has 10 heteroatoms. The summed E-state index contributed by atoms with van der Waals surface area (Å²) in [6.07, 6.45) is 13.2. The zero-order valence-corrected chi connectivity index (χ0v) is 26.3. The maximum absolute atomic E-state index is 12.8. The van der Waals surface area contributed by atoms with E-state index in [4.69, 9.17) is 9.47 Å². The van der Waals surface area contributed by atoms with Crippen molar-refractivity contribution in [3.05, 3.63) is 0 Å². The molecule has 1 rings (SSSR count). The van der Waals surface area contributed by atoms with Crippen LogP contribution in [0.2, 0.25) is 0 Å². The average Bonchev–Trinajstić information content (AvgIpc) is 2.93. The first kappa shape index (κ1) is 36.4. The Bertz CT molecular complexity index is 823. The Morgan fingerprint density at radius 1 is 0.707 bits per heavy atom. The number of carbonyl (C=O) groups is 5. The summed E-state index contributed by atoms with van der Waals surface area (Å²) in [5.41, 5.74) is -0.956. The second kappa shape index (κ2) is 20.3. The summed E-state index contributed by atoms with van der Waals surface area (Å²) in [5.74, 6) is -1.63. The third kappa shape index (κ3) is 15.8. The Morgan fingerprint density at radius 3 is 1.63 bits per heavy atom. The van der Waals surface area contributed by atoms with E-state index in [2.05, 4.69) is 12.2 Å². The molecule has 0 aromatic heterocycles. The lowest BCUT2D eigenvalue weighted by Crippen LogP contribution is -2.51. The van der Waals surface area contributed by atoms with Crippen molar-refractivity contribution in [2.75, 3.05) is 39.3 Å². The summed E-state index contributed by atoms with van der Waals surface area (Å²) < 4.78 is 10.2. The average molecular weight is 582 g/mol. The van der Waals surface area contributed by atoms with Gasteiger partial charge in [0.1, 0.15) is 6.61 Å². The molecule has 1 heterocycles. The molecule has 41 heavy (non-hydrogen) atoms. The minimum Gasteiger partial charge on any atom is -0.465 e. The number of piperazine rings is 1. The maximum Gasteiger partial charge on any atom is 0.303 e. The number of nitrogens with zero attached hydrogens (tertiary/aromatic N) is 2. The molecule has 1 unspecified atom stereocenters. The van der Waals surface area contributed by atoms with E-state index in [1.54, 1.807) is 18.7 Å². The molecule has 0 bridgehead atoms. The molecule has 1 fully saturated rings. The molecule has 1 N–H and O–H groups in total. The third-order valence-corrected chi connectivity index (χ3v) is 7.50. The lowest BCUT2D eigenvalue weighted by Gasteiger charge is -2.35. The van der Waals surface area contributed by atoms with E-state index in [1.165, 1.54) is 71.6 Å². The van der Waals surface area contributed by atoms with Gasteiger partial charge in [-0.2, -0.15) is 0 Å². The lowest BCUT2D eigenvalue weighted by atomic mass is 9.86. The fourth-order valence-corrected chi connectivity index (χ4v) is 4.94. The van der Waals surface area contributed by atoms with Gasteiger partial charge in [-0.1, -0.05) is 85.0 Å². The Kier molecular flexibility index (Phi) is 18.0. The summed E-state index contributed by atoms with van der Waals surface area (Å²) in [7, 11) is 0. The number of amides is 3. The standard InChI is InChI=1S/C31H55N3O7/c1-6-7-8-9-10-11-12-13-14-15-16-17-27(37)33-20-22-34(23-21-33)28(38)18-19-32-30(39)29(41-26(3)36)31(4,5)24-40-25(2)35/h29H,6-24H2,1-5H3,(H,32,39). The molecule has 0 radical (unpaired) electrons. The monoisotopic (exact) mass is 581 g/mol. The highest BCUT2D eigenvalue weighted by Gasteiger charge is 2.39. The SMILES string of the molecule is CCCCCCCCCCCCCC(=O)N1CCN(C(=O)CCNC(=O)C(OC(C)=O)C(C)(C)COC(C)=O)CC1. The maximum atomic E-state index is 12.8. The molecule has 0 aromatic carbocycles. The molecule has 1 atom stereocenters. The molecule has 1 saturated heterocycles. The second-order valence-electron chi connectivity index (χ2n) is 11.8. The van der Waals surface area contributed by atoms with E-state index in [0.29, 0.717) is 32.6 Å². The van der Waals surface area contributed by atoms with Crippen molar-refractivity contribution in [3.63, 3.8) is 0 Å². The van der Waals surface area contributed by atoms with Crippen LogP contribution in [0.5, 0.6) is 0 Å². The van der Waals surface area contributed by atoms with Gasteiger partial charge in [0, 0.05) is 64.8 Å². The largest absolute Gasteiger partial charge is 0.465 e. The summed E-state index contributed by atoms with van der Waals surface area (Å²) in [4.78, 5) is 64.4. The highest BCUT2D eigenvalue weighted by Crippen LogP contribution is 2.25. The summed E-state index contributed by atoms with van der Waals surface area (Å²) in [5, 5.41) is 2.66. The molecule has 1 aliphatic heterocycles. The van der Waals surface area contributed by atoms with Crippen LogP contribution in [-0.4, -0.2) is 84.9 Å². The predicted molar refractivity (Wildman–Crippen MR) is 158 cm³/mol. The number of rotatable bonds is 20. The first-order chi connectivity index (χ1) is 19.5. The van der Waals surface area contributed by atoms with Gasteiger partial charge in [0.25, 0.3) is 5.91 Å². The number of carbonyl (C=O) groups excluding carboxylic acids is 5. The number of esters is 2. The van der Waals surface area contributed by atoms with Crippen LogP contribution in [-0.2, 0) is 33.4 Å². The fourth-order valence-electron chi connectivity index (χ4n) is 4.94. The van der Waals surface area contributed by atoms with E-state index in [-0.39, 0.29) is 31.4 Å². The van der Waals surface area contributed by atoms with Crippen LogP contribution in [0.25, 0.3) is 0 Å². The van der Waals surface area contributed by atoms with Crippen molar-refractivity contribution in [2.24, 2.45) is 5.41 Å². The summed E-state index contributed by atoms with van der Waals surface area (Å²) in [6.45, 7) is 9.99. The Hall–Kier alpha value is -2.65. The van der Waals surface area contributed by atoms with Gasteiger partial charge in [-0.3, -0.25) is 24.0 Å². The molecule has 3 amide bonds. The molecule has 0 aromatic rings. The molecule has 0 saturated carbocycles. The van der Waals surface area contributed by atoms with Crippen molar-refractivity contribution >= 4 is 29.7 Å². The van der Waals surface area contributed by atoms with Crippen LogP contribution in [0.15, 0.2) is 0 Å². The van der Waals surface area contributed by atoms with E-state index < -0.39 is 29.4 Å². The Balaban J connectivity index is 2.27. The Morgan fingerprint density at radius 2 is 1.17 bits per heavy atom. The zero-order valence-electron chi connectivity index (χ0n) is 26.3. The van der Waals surface area contributed by atoms with Gasteiger partial charge in [0.2, 0.25) is 11.8 Å². The van der Waals surface area contributed by atoms with Gasteiger partial charge in [-0.05, 0) is 6.42 Å². The van der Waals surface area contributed by atoms with Crippen LogP contribution >= 0.6 is 0 Å². The number of nitrogens with one attached hydrogen (secondary N) is 1. The smallest absolute Gasteiger partial charge is 0.303 e. The summed E-state index contributed by atoms with van der Waals surface area (Å²) in [6, 6.07) is 0. The second-order valence-corrected chi connectivity index (χ2v) is 11.8. The number of ether oxygens (including phenoxy) is 2. The van der Waals surface area contributed by atoms with Gasteiger partial charge in [-0.15, -0.1) is 0 Å². The van der Waals surface area contributed by atoms with Crippen LogP contribution in [0.3, 0.4) is 0 Å². The van der Waals surface area contributed by atoms with Crippen molar-refractivity contribution in [1.29, 1.82) is 0 Å². The normalized spacial score (nSPS) is 14.4. The van der Waals surface area contributed by atoms with Crippen molar-refractivity contribution in [2.45, 2.75) is 124 Å². The van der Waals surface area contributed by atoms with Crippen LogP contribution in [0, 0.1) is 5.41 Å². The Labute approximate surface area is 247 Å². The van der Waals surface area contributed by atoms with Gasteiger partial charge < -0.3 is 24.6 Å². The molecular formula is C31H55N3O7. The quantitative estimate of drug-likeness (QED) is 0.167. The van der Waals surface area contributed by atoms with Crippen LogP contribution < -0.4 is 5.32 Å². The third-order valence-electron chi connectivity index (χ3n) is 7.50. The molecule has 236 valence electrons. The molecule has 0 spiro atoms. The molecule has 10 nitrogen and oxygen atoms in total. The van der Waals surface area contributed by atoms with E-state index >= 15 is 0 Å². The highest BCUT2D eigenvalue weighted by atomic mass is 16.6. The van der Waals surface area contributed by atoms with Gasteiger partial charge in [0.15, 0.2) is 6.10 Å². The van der Waals surface area contributed by atoms with Crippen LogP contribution in [0.1, 0.15) is 118 Å². The minimum absolute atomic E-state index is 0.0804. The lowest BCUT2D eigenvalue weighted by molar-refractivity contribution is -0.166. The van der Waals surface area contributed by atoms with E-state index in [1.807, 2.05) is 4.90 Å².